The van der Waals surface area contributed by atoms with Gasteiger partial charge in [0.25, 0.3) is 5.91 Å². The number of nitrogens with one attached hydrogen (secondary N) is 3. The molecule has 2 amide bonds. The first kappa shape index (κ1) is 29.3. The smallest absolute Gasteiger partial charge is 0.254 e. The average Bonchev–Trinajstić information content (AvgIpc) is 3.32. The molecule has 2 saturated heterocycles. The van der Waals surface area contributed by atoms with Crippen molar-refractivity contribution in [3.8, 4) is 11.3 Å². The van der Waals surface area contributed by atoms with E-state index in [2.05, 4.69) is 37.7 Å². The first-order valence-corrected chi connectivity index (χ1v) is 15.3. The van der Waals surface area contributed by atoms with E-state index in [9.17, 15) is 9.59 Å². The topological polar surface area (TPSA) is 125 Å². The first-order valence-electron chi connectivity index (χ1n) is 14.9. The molecular formula is C31H37ClN8O3. The van der Waals surface area contributed by atoms with Crippen LogP contribution in [0.5, 0.6) is 0 Å². The third kappa shape index (κ3) is 6.58. The zero-order valence-electron chi connectivity index (χ0n) is 24.5. The summed E-state index contributed by atoms with van der Waals surface area (Å²) in [5.41, 5.74) is 3.46. The summed E-state index contributed by atoms with van der Waals surface area (Å²) in [4.78, 5) is 44.1. The number of hydrogen-bond donors (Lipinski definition) is 3. The number of amides is 2. The number of piperazine rings is 1. The molecule has 2 aromatic heterocycles. The number of aromatic nitrogens is 3. The molecule has 11 nitrogen and oxygen atoms in total. The zero-order chi connectivity index (χ0) is 29.9. The van der Waals surface area contributed by atoms with E-state index in [1.807, 2.05) is 37.3 Å². The molecule has 2 fully saturated rings. The second-order valence-electron chi connectivity index (χ2n) is 11.4. The quantitative estimate of drug-likeness (QED) is 0.355. The fraction of sp³-hybridized carbons (Fsp3) is 0.452. The Hall–Kier alpha value is -3.80. The lowest BCUT2D eigenvalue weighted by molar-refractivity contribution is -0.122. The molecule has 0 saturated carbocycles. The molecule has 2 unspecified atom stereocenters. The van der Waals surface area contributed by atoms with E-state index in [4.69, 9.17) is 21.3 Å². The predicted octanol–water partition coefficient (Wildman–Crippen LogP) is 3.41. The molecular weight excluding hydrogens is 568 g/mol. The Kier molecular flexibility index (Phi) is 8.73. The predicted molar refractivity (Wildman–Crippen MR) is 165 cm³/mol. The third-order valence-corrected chi connectivity index (χ3v) is 8.54. The Morgan fingerprint density at radius 1 is 1.21 bits per heavy atom. The van der Waals surface area contributed by atoms with Gasteiger partial charge >= 0.3 is 0 Å². The molecule has 0 radical (unpaired) electrons. The van der Waals surface area contributed by atoms with Crippen LogP contribution in [0.15, 0.2) is 42.6 Å². The van der Waals surface area contributed by atoms with Crippen molar-refractivity contribution in [1.82, 2.24) is 30.5 Å². The summed E-state index contributed by atoms with van der Waals surface area (Å²) in [6, 6.07) is 11.8. The van der Waals surface area contributed by atoms with Crippen molar-refractivity contribution in [2.45, 2.75) is 51.4 Å². The second-order valence-corrected chi connectivity index (χ2v) is 11.8. The number of fused-ring (bicyclic) bond motifs is 1. The molecule has 0 aliphatic carbocycles. The Morgan fingerprint density at radius 3 is 2.86 bits per heavy atom. The lowest BCUT2D eigenvalue weighted by Crippen LogP contribution is -2.50. The van der Waals surface area contributed by atoms with Crippen molar-refractivity contribution in [3.05, 3.63) is 64.4 Å². The van der Waals surface area contributed by atoms with E-state index in [1.54, 1.807) is 17.2 Å². The van der Waals surface area contributed by atoms with Crippen LogP contribution in [0.1, 0.15) is 54.3 Å². The van der Waals surface area contributed by atoms with Gasteiger partial charge in [-0.25, -0.2) is 15.0 Å². The lowest BCUT2D eigenvalue weighted by atomic mass is 10.0. The minimum Gasteiger partial charge on any atom is -0.381 e. The van der Waals surface area contributed by atoms with Crippen molar-refractivity contribution in [3.63, 3.8) is 0 Å². The largest absolute Gasteiger partial charge is 0.381 e. The molecule has 43 heavy (non-hydrogen) atoms. The minimum absolute atomic E-state index is 0.0465. The maximum Gasteiger partial charge on any atom is 0.254 e. The standard InChI is InChI=1S/C31H37ClN8O3/c1-19-15-33-10-11-40(19)27-5-3-4-26(37-27)20(2)35-28(41)18-39-17-22-7-6-21(14-24(22)30(39)42)29-25(32)16-34-31(38-29)36-23-8-12-43-13-9-23/h3-7,14,16,19-20,23,33H,8-13,15,17-18H2,1-2H3,(H,35,41)(H,34,36,38). The third-order valence-electron chi connectivity index (χ3n) is 8.27. The molecule has 3 aromatic rings. The van der Waals surface area contributed by atoms with Gasteiger partial charge in [0.2, 0.25) is 11.9 Å². The van der Waals surface area contributed by atoms with Crippen LogP contribution in [0.4, 0.5) is 11.8 Å². The molecule has 6 rings (SSSR count). The van der Waals surface area contributed by atoms with Crippen molar-refractivity contribution in [2.75, 3.05) is 49.6 Å². The Bertz CT molecular complexity index is 1500. The van der Waals surface area contributed by atoms with Crippen molar-refractivity contribution in [1.29, 1.82) is 0 Å². The van der Waals surface area contributed by atoms with E-state index < -0.39 is 0 Å². The molecule has 3 aliphatic rings. The van der Waals surface area contributed by atoms with Crippen molar-refractivity contribution < 1.29 is 14.3 Å². The molecule has 3 aliphatic heterocycles. The molecule has 12 heteroatoms. The SMILES string of the molecule is CC(NC(=O)CN1Cc2ccc(-c3nc(NC4CCOCC4)ncc3Cl)cc2C1=O)c1cccc(N2CCNCC2C)n1. The van der Waals surface area contributed by atoms with Crippen LogP contribution >= 0.6 is 11.6 Å². The fourth-order valence-corrected chi connectivity index (χ4v) is 6.06. The monoisotopic (exact) mass is 604 g/mol. The molecule has 5 heterocycles. The number of rotatable bonds is 8. The second kappa shape index (κ2) is 12.8. The molecule has 0 bridgehead atoms. The summed E-state index contributed by atoms with van der Waals surface area (Å²) in [6.45, 7) is 8.52. The highest BCUT2D eigenvalue weighted by molar-refractivity contribution is 6.33. The number of pyridine rings is 1. The Labute approximate surface area is 256 Å². The summed E-state index contributed by atoms with van der Waals surface area (Å²) in [5.74, 6) is 0.967. The summed E-state index contributed by atoms with van der Waals surface area (Å²) in [6.07, 6.45) is 3.35. The number of anilines is 2. The highest BCUT2D eigenvalue weighted by Crippen LogP contribution is 2.32. The van der Waals surface area contributed by atoms with Crippen molar-refractivity contribution in [2.24, 2.45) is 0 Å². The molecule has 2 atom stereocenters. The van der Waals surface area contributed by atoms with Gasteiger partial charge < -0.3 is 30.5 Å². The number of halogens is 1. The van der Waals surface area contributed by atoms with E-state index in [0.29, 0.717) is 48.0 Å². The molecule has 1 aromatic carbocycles. The first-order chi connectivity index (χ1) is 20.9. The van der Waals surface area contributed by atoms with Gasteiger partial charge in [-0.3, -0.25) is 9.59 Å². The van der Waals surface area contributed by atoms with Crippen LogP contribution in [0.2, 0.25) is 5.02 Å². The maximum absolute atomic E-state index is 13.4. The Balaban J connectivity index is 1.10. The van der Waals surface area contributed by atoms with Gasteiger partial charge in [0.1, 0.15) is 12.4 Å². The number of ether oxygens (including phenoxy) is 1. The van der Waals surface area contributed by atoms with Gasteiger partial charge in [-0.2, -0.15) is 0 Å². The summed E-state index contributed by atoms with van der Waals surface area (Å²) >= 11 is 6.49. The number of nitrogens with zero attached hydrogens (tertiary/aromatic N) is 5. The van der Waals surface area contributed by atoms with Crippen LogP contribution in [0, 0.1) is 0 Å². The molecule has 3 N–H and O–H groups in total. The van der Waals surface area contributed by atoms with Crippen LogP contribution in [-0.4, -0.2) is 83.1 Å². The normalized spacial score (nSPS) is 19.7. The minimum atomic E-state index is -0.304. The molecule has 226 valence electrons. The van der Waals surface area contributed by atoms with Gasteiger partial charge in [-0.1, -0.05) is 29.8 Å². The number of carbonyl (C=O) groups is 2. The van der Waals surface area contributed by atoms with E-state index in [0.717, 1.165) is 55.1 Å². The average molecular weight is 605 g/mol. The van der Waals surface area contributed by atoms with E-state index in [-0.39, 0.29) is 30.4 Å². The van der Waals surface area contributed by atoms with Gasteiger partial charge in [0.05, 0.1) is 28.6 Å². The van der Waals surface area contributed by atoms with Crippen molar-refractivity contribution >= 4 is 35.2 Å². The van der Waals surface area contributed by atoms with Crippen LogP contribution in [0.3, 0.4) is 0 Å². The van der Waals surface area contributed by atoms with E-state index >= 15 is 0 Å². The summed E-state index contributed by atoms with van der Waals surface area (Å²) < 4.78 is 5.43. The van der Waals surface area contributed by atoms with Gasteiger partial charge in [0, 0.05) is 62.6 Å². The summed E-state index contributed by atoms with van der Waals surface area (Å²) in [7, 11) is 0. The van der Waals surface area contributed by atoms with E-state index in [1.165, 1.54) is 0 Å². The number of hydrogen-bond acceptors (Lipinski definition) is 9. The Morgan fingerprint density at radius 2 is 2.05 bits per heavy atom. The molecule has 0 spiro atoms. The van der Waals surface area contributed by atoms with Gasteiger partial charge in [-0.15, -0.1) is 0 Å². The lowest BCUT2D eigenvalue weighted by Gasteiger charge is -2.35. The van der Waals surface area contributed by atoms with Crippen LogP contribution in [0.25, 0.3) is 11.3 Å². The van der Waals surface area contributed by atoms with Crippen LogP contribution < -0.4 is 20.9 Å². The maximum atomic E-state index is 13.4. The highest BCUT2D eigenvalue weighted by atomic mass is 35.5. The highest BCUT2D eigenvalue weighted by Gasteiger charge is 2.30. The van der Waals surface area contributed by atoms with Gasteiger partial charge in [-0.05, 0) is 50.5 Å². The van der Waals surface area contributed by atoms with Crippen LogP contribution in [-0.2, 0) is 16.1 Å². The number of carbonyl (C=O) groups excluding carboxylic acids is 2. The summed E-state index contributed by atoms with van der Waals surface area (Å²) in [5, 5.41) is 10.2. The zero-order valence-corrected chi connectivity index (χ0v) is 25.2. The van der Waals surface area contributed by atoms with Gasteiger partial charge in [0.15, 0.2) is 0 Å². The fourth-order valence-electron chi connectivity index (χ4n) is 5.86. The number of benzene rings is 1.